The maximum Gasteiger partial charge on any atom is 0.243 e. The topological polar surface area (TPSA) is 46.6 Å². The van der Waals surface area contributed by atoms with E-state index in [0.717, 1.165) is 4.31 Å². The summed E-state index contributed by atoms with van der Waals surface area (Å²) >= 11 is 3.24. The van der Waals surface area contributed by atoms with Crippen molar-refractivity contribution in [1.82, 2.24) is 4.31 Å². The molecule has 0 fully saturated rings. The fourth-order valence-electron chi connectivity index (χ4n) is 1.20. The van der Waals surface area contributed by atoms with E-state index in [-0.39, 0.29) is 11.4 Å². The first-order chi connectivity index (χ1) is 7.93. The molecule has 0 aliphatic heterocycles. The summed E-state index contributed by atoms with van der Waals surface area (Å²) in [5, 5.41) is 0. The van der Waals surface area contributed by atoms with Crippen LogP contribution in [0.25, 0.3) is 0 Å². The van der Waals surface area contributed by atoms with Gasteiger partial charge in [-0.2, -0.15) is 4.31 Å². The summed E-state index contributed by atoms with van der Waals surface area (Å²) in [6.45, 7) is 0.0337. The quantitative estimate of drug-likeness (QED) is 0.794. The molecule has 17 heavy (non-hydrogen) atoms. The number of halogens is 1. The van der Waals surface area contributed by atoms with Crippen LogP contribution in [0.5, 0.6) is 5.75 Å². The van der Waals surface area contributed by atoms with E-state index >= 15 is 0 Å². The normalized spacial score (nSPS) is 11.2. The van der Waals surface area contributed by atoms with Crippen LogP contribution in [-0.4, -0.2) is 33.4 Å². The Morgan fingerprint density at radius 2 is 2.18 bits per heavy atom. The third-order valence-electron chi connectivity index (χ3n) is 2.15. The lowest BCUT2D eigenvalue weighted by Crippen LogP contribution is -2.27. The minimum atomic E-state index is -3.54. The third-order valence-corrected chi connectivity index (χ3v) is 4.56. The molecule has 0 aromatic heterocycles. The average Bonchev–Trinajstić information content (AvgIpc) is 2.29. The van der Waals surface area contributed by atoms with E-state index in [1.165, 1.54) is 26.3 Å². The van der Waals surface area contributed by atoms with E-state index in [1.807, 2.05) is 0 Å². The van der Waals surface area contributed by atoms with Crippen molar-refractivity contribution < 1.29 is 13.2 Å². The standard InChI is InChI=1S/C11H12BrNO3S/c1-4-7-13(2)17(14,15)9-5-6-11(16-3)10(12)8-9/h1,5-6,8H,7H2,2-3H3. The van der Waals surface area contributed by atoms with Crippen LogP contribution >= 0.6 is 15.9 Å². The van der Waals surface area contributed by atoms with E-state index < -0.39 is 10.0 Å². The largest absolute Gasteiger partial charge is 0.496 e. The Balaban J connectivity index is 3.17. The average molecular weight is 318 g/mol. The van der Waals surface area contributed by atoms with Gasteiger partial charge in [0.1, 0.15) is 5.75 Å². The smallest absolute Gasteiger partial charge is 0.243 e. The number of rotatable bonds is 4. The monoisotopic (exact) mass is 317 g/mol. The van der Waals surface area contributed by atoms with E-state index in [0.29, 0.717) is 10.2 Å². The van der Waals surface area contributed by atoms with E-state index in [9.17, 15) is 8.42 Å². The summed E-state index contributed by atoms with van der Waals surface area (Å²) in [7, 11) is -0.593. The second-order valence-corrected chi connectivity index (χ2v) is 6.16. The number of terminal acetylenes is 1. The molecule has 0 radical (unpaired) electrons. The number of ether oxygens (including phenoxy) is 1. The highest BCUT2D eigenvalue weighted by molar-refractivity contribution is 9.10. The lowest BCUT2D eigenvalue weighted by atomic mass is 10.3. The molecule has 92 valence electrons. The van der Waals surface area contributed by atoms with Crippen molar-refractivity contribution >= 4 is 26.0 Å². The first-order valence-corrected chi connectivity index (χ1v) is 6.90. The number of sulfonamides is 1. The Morgan fingerprint density at radius 3 is 2.65 bits per heavy atom. The van der Waals surface area contributed by atoms with Crippen LogP contribution in [0.3, 0.4) is 0 Å². The fraction of sp³-hybridized carbons (Fsp3) is 0.273. The molecule has 4 nitrogen and oxygen atoms in total. The van der Waals surface area contributed by atoms with Crippen molar-refractivity contribution in [2.45, 2.75) is 4.90 Å². The highest BCUT2D eigenvalue weighted by Crippen LogP contribution is 2.28. The molecule has 0 saturated carbocycles. The Bertz CT molecular complexity index is 548. The molecule has 0 bridgehead atoms. The zero-order valence-electron chi connectivity index (χ0n) is 9.47. The van der Waals surface area contributed by atoms with Crippen LogP contribution in [0.15, 0.2) is 27.6 Å². The molecule has 0 aliphatic carbocycles. The number of methoxy groups -OCH3 is 1. The van der Waals surface area contributed by atoms with Gasteiger partial charge in [-0.15, -0.1) is 6.42 Å². The number of hydrogen-bond donors (Lipinski definition) is 0. The zero-order valence-corrected chi connectivity index (χ0v) is 11.9. The predicted octanol–water partition coefficient (Wildman–Crippen LogP) is 1.71. The summed E-state index contributed by atoms with van der Waals surface area (Å²) in [6.07, 6.45) is 5.09. The van der Waals surface area contributed by atoms with E-state index in [1.54, 1.807) is 6.07 Å². The Hall–Kier alpha value is -1.03. The summed E-state index contributed by atoms with van der Waals surface area (Å²) in [5.74, 6) is 2.86. The maximum absolute atomic E-state index is 12.0. The molecule has 0 N–H and O–H groups in total. The van der Waals surface area contributed by atoms with Gasteiger partial charge in [0.25, 0.3) is 0 Å². The molecule has 1 rings (SSSR count). The second kappa shape index (κ2) is 5.54. The molecule has 0 aliphatic rings. The molecule has 0 amide bonds. The first-order valence-electron chi connectivity index (χ1n) is 4.67. The summed E-state index contributed by atoms with van der Waals surface area (Å²) in [4.78, 5) is 0.169. The van der Waals surface area contributed by atoms with Gasteiger partial charge in [0.2, 0.25) is 10.0 Å². The number of benzene rings is 1. The van der Waals surface area contributed by atoms with Crippen LogP contribution in [0.1, 0.15) is 0 Å². The third kappa shape index (κ3) is 3.00. The first kappa shape index (κ1) is 14.0. The van der Waals surface area contributed by atoms with Gasteiger partial charge in [-0.1, -0.05) is 5.92 Å². The molecular weight excluding hydrogens is 306 g/mol. The Kier molecular flexibility index (Phi) is 4.57. The molecule has 0 atom stereocenters. The SMILES string of the molecule is C#CCN(C)S(=O)(=O)c1ccc(OC)c(Br)c1. The molecule has 0 spiro atoms. The van der Waals surface area contributed by atoms with Crippen LogP contribution in [0, 0.1) is 12.3 Å². The summed E-state index contributed by atoms with van der Waals surface area (Å²) in [6, 6.07) is 4.55. The lowest BCUT2D eigenvalue weighted by Gasteiger charge is -2.15. The van der Waals surface area contributed by atoms with Gasteiger partial charge >= 0.3 is 0 Å². The molecule has 0 unspecified atom stereocenters. The van der Waals surface area contributed by atoms with Crippen LogP contribution in [0.4, 0.5) is 0 Å². The van der Waals surface area contributed by atoms with Gasteiger partial charge in [0.05, 0.1) is 23.0 Å². The fourth-order valence-corrected chi connectivity index (χ4v) is 3.00. The highest BCUT2D eigenvalue weighted by atomic mass is 79.9. The van der Waals surface area contributed by atoms with Crippen molar-refractivity contribution in [3.8, 4) is 18.1 Å². The van der Waals surface area contributed by atoms with Crippen LogP contribution in [0.2, 0.25) is 0 Å². The number of hydrogen-bond acceptors (Lipinski definition) is 3. The Morgan fingerprint density at radius 1 is 1.53 bits per heavy atom. The summed E-state index contributed by atoms with van der Waals surface area (Å²) in [5.41, 5.74) is 0. The van der Waals surface area contributed by atoms with Crippen LogP contribution < -0.4 is 4.74 Å². The van der Waals surface area contributed by atoms with Crippen molar-refractivity contribution in [2.24, 2.45) is 0 Å². The molecule has 0 heterocycles. The lowest BCUT2D eigenvalue weighted by molar-refractivity contribution is 0.411. The van der Waals surface area contributed by atoms with E-state index in [4.69, 9.17) is 11.2 Å². The van der Waals surface area contributed by atoms with Crippen molar-refractivity contribution in [3.63, 3.8) is 0 Å². The van der Waals surface area contributed by atoms with Gasteiger partial charge in [-0.3, -0.25) is 0 Å². The van der Waals surface area contributed by atoms with Gasteiger partial charge in [-0.25, -0.2) is 8.42 Å². The Labute approximate surface area is 110 Å². The predicted molar refractivity (Wildman–Crippen MR) is 69.3 cm³/mol. The van der Waals surface area contributed by atoms with Crippen molar-refractivity contribution in [3.05, 3.63) is 22.7 Å². The maximum atomic E-state index is 12.0. The van der Waals surface area contributed by atoms with Crippen molar-refractivity contribution in [2.75, 3.05) is 20.7 Å². The van der Waals surface area contributed by atoms with E-state index in [2.05, 4.69) is 21.9 Å². The molecule has 0 saturated heterocycles. The van der Waals surface area contributed by atoms with Gasteiger partial charge in [0, 0.05) is 7.05 Å². The van der Waals surface area contributed by atoms with Gasteiger partial charge in [0.15, 0.2) is 0 Å². The van der Waals surface area contributed by atoms with Gasteiger partial charge < -0.3 is 4.74 Å². The minimum absolute atomic E-state index is 0.0337. The summed E-state index contributed by atoms with van der Waals surface area (Å²) < 4.78 is 30.8. The van der Waals surface area contributed by atoms with Gasteiger partial charge in [-0.05, 0) is 34.1 Å². The highest BCUT2D eigenvalue weighted by Gasteiger charge is 2.20. The molecule has 1 aromatic rings. The second-order valence-electron chi connectivity index (χ2n) is 3.26. The minimum Gasteiger partial charge on any atom is -0.496 e. The molecular formula is C11H12BrNO3S. The van der Waals surface area contributed by atoms with Crippen LogP contribution in [-0.2, 0) is 10.0 Å². The molecule has 1 aromatic carbocycles. The number of nitrogens with zero attached hydrogens (tertiary/aromatic N) is 1. The van der Waals surface area contributed by atoms with Crippen molar-refractivity contribution in [1.29, 1.82) is 0 Å². The molecule has 6 heteroatoms. The zero-order chi connectivity index (χ0) is 13.1.